The lowest BCUT2D eigenvalue weighted by Crippen LogP contribution is -2.04. The molecule has 0 amide bonds. The zero-order valence-electron chi connectivity index (χ0n) is 16.9. The highest BCUT2D eigenvalue weighted by Crippen LogP contribution is 2.28. The molecular weight excluding hydrogens is 418 g/mol. The molecule has 10 heteroatoms. The molecule has 0 bridgehead atoms. The van der Waals surface area contributed by atoms with Gasteiger partial charge in [0.15, 0.2) is 6.61 Å². The van der Waals surface area contributed by atoms with Crippen molar-refractivity contribution >= 4 is 11.7 Å². The van der Waals surface area contributed by atoms with Gasteiger partial charge in [0.1, 0.15) is 11.5 Å². The Morgan fingerprint density at radius 1 is 1.09 bits per heavy atom. The summed E-state index contributed by atoms with van der Waals surface area (Å²) >= 11 is 0. The van der Waals surface area contributed by atoms with Crippen LogP contribution in [0, 0.1) is 10.1 Å². The highest BCUT2D eigenvalue weighted by Gasteiger charge is 2.18. The van der Waals surface area contributed by atoms with Crippen molar-refractivity contribution in [1.29, 1.82) is 0 Å². The van der Waals surface area contributed by atoms with Crippen molar-refractivity contribution < 1.29 is 28.1 Å². The molecule has 0 fully saturated rings. The number of nitro benzene ring substituents is 1. The number of hydrogen-bond donors (Lipinski definition) is 0. The van der Waals surface area contributed by atoms with Crippen LogP contribution >= 0.6 is 0 Å². The van der Waals surface area contributed by atoms with Crippen molar-refractivity contribution in [2.45, 2.75) is 13.5 Å². The highest BCUT2D eigenvalue weighted by molar-refractivity contribution is 5.87. The van der Waals surface area contributed by atoms with Crippen molar-refractivity contribution in [1.82, 2.24) is 10.1 Å². The van der Waals surface area contributed by atoms with Crippen LogP contribution in [0.3, 0.4) is 0 Å². The predicted octanol–water partition coefficient (Wildman–Crippen LogP) is 4.66. The smallest absolute Gasteiger partial charge is 0.374 e. The number of nitro groups is 1. The lowest BCUT2D eigenvalue weighted by molar-refractivity contribution is -0.384. The second kappa shape index (κ2) is 9.13. The van der Waals surface area contributed by atoms with Crippen LogP contribution < -0.4 is 4.74 Å². The summed E-state index contributed by atoms with van der Waals surface area (Å²) in [4.78, 5) is 26.8. The molecule has 0 unspecified atom stereocenters. The standard InChI is InChI=1S/C22H17N3O7/c1-2-29-18-6-4-3-5-16(18)21-23-20(32-24-21)13-30-22(26)19-12-11-17(31-19)14-7-9-15(10-8-14)25(27)28/h3-12H,2,13H2,1H3. The molecule has 4 aromatic rings. The molecule has 4 rings (SSSR count). The number of aromatic nitrogens is 2. The molecule has 10 nitrogen and oxygen atoms in total. The maximum absolute atomic E-state index is 12.3. The van der Waals surface area contributed by atoms with E-state index in [1.807, 2.05) is 19.1 Å². The van der Waals surface area contributed by atoms with E-state index in [0.29, 0.717) is 35.1 Å². The maximum atomic E-state index is 12.3. The second-order valence-corrected chi connectivity index (χ2v) is 6.48. The van der Waals surface area contributed by atoms with Crippen LogP contribution in [0.2, 0.25) is 0 Å². The fraction of sp³-hybridized carbons (Fsp3) is 0.136. The first-order valence-electron chi connectivity index (χ1n) is 9.61. The molecule has 0 aliphatic carbocycles. The van der Waals surface area contributed by atoms with Crippen LogP contribution in [0.4, 0.5) is 5.69 Å². The van der Waals surface area contributed by atoms with E-state index in [0.717, 1.165) is 0 Å². The van der Waals surface area contributed by atoms with Crippen molar-refractivity contribution in [2.24, 2.45) is 0 Å². The zero-order valence-corrected chi connectivity index (χ0v) is 16.9. The molecule has 0 saturated heterocycles. The van der Waals surface area contributed by atoms with Crippen LogP contribution in [0.25, 0.3) is 22.7 Å². The van der Waals surface area contributed by atoms with E-state index in [4.69, 9.17) is 18.4 Å². The number of nitrogens with zero attached hydrogens (tertiary/aromatic N) is 3. The lowest BCUT2D eigenvalue weighted by Gasteiger charge is -2.06. The van der Waals surface area contributed by atoms with E-state index in [9.17, 15) is 14.9 Å². The monoisotopic (exact) mass is 435 g/mol. The van der Waals surface area contributed by atoms with Crippen LogP contribution in [-0.2, 0) is 11.3 Å². The van der Waals surface area contributed by atoms with Crippen LogP contribution in [0.15, 0.2) is 69.6 Å². The predicted molar refractivity (Wildman–Crippen MR) is 111 cm³/mol. The van der Waals surface area contributed by atoms with Gasteiger partial charge >= 0.3 is 5.97 Å². The van der Waals surface area contributed by atoms with Crippen molar-refractivity contribution in [3.8, 4) is 28.5 Å². The van der Waals surface area contributed by atoms with Gasteiger partial charge in [-0.1, -0.05) is 17.3 Å². The minimum Gasteiger partial charge on any atom is -0.493 e. The minimum absolute atomic E-state index is 0.0280. The Morgan fingerprint density at radius 2 is 1.88 bits per heavy atom. The number of para-hydroxylation sites is 1. The van der Waals surface area contributed by atoms with Gasteiger partial charge in [-0.25, -0.2) is 4.79 Å². The summed E-state index contributed by atoms with van der Waals surface area (Å²) in [6.07, 6.45) is 0. The molecule has 2 heterocycles. The Hall–Kier alpha value is -4.47. The summed E-state index contributed by atoms with van der Waals surface area (Å²) < 4.78 is 21.4. The molecule has 162 valence electrons. The fourth-order valence-corrected chi connectivity index (χ4v) is 2.90. The molecule has 2 aromatic heterocycles. The second-order valence-electron chi connectivity index (χ2n) is 6.48. The van der Waals surface area contributed by atoms with E-state index in [1.165, 1.54) is 30.3 Å². The molecule has 0 spiro atoms. The maximum Gasteiger partial charge on any atom is 0.374 e. The number of non-ortho nitro benzene ring substituents is 1. The van der Waals surface area contributed by atoms with E-state index < -0.39 is 10.9 Å². The van der Waals surface area contributed by atoms with Crippen molar-refractivity contribution in [3.05, 3.63) is 82.4 Å². The fourth-order valence-electron chi connectivity index (χ4n) is 2.90. The number of ether oxygens (including phenoxy) is 2. The van der Waals surface area contributed by atoms with Crippen LogP contribution in [-0.4, -0.2) is 27.6 Å². The number of furan rings is 1. The van der Waals surface area contributed by atoms with Gasteiger partial charge in [0, 0.05) is 17.7 Å². The molecule has 2 aromatic carbocycles. The van der Waals surface area contributed by atoms with Gasteiger partial charge in [-0.15, -0.1) is 0 Å². The zero-order chi connectivity index (χ0) is 22.5. The van der Waals surface area contributed by atoms with Gasteiger partial charge in [0.2, 0.25) is 11.6 Å². The molecular formula is C22H17N3O7. The molecule has 0 saturated carbocycles. The number of rotatable bonds is 8. The number of esters is 1. The quantitative estimate of drug-likeness (QED) is 0.220. The highest BCUT2D eigenvalue weighted by atomic mass is 16.6. The van der Waals surface area contributed by atoms with Crippen LogP contribution in [0.5, 0.6) is 5.75 Å². The minimum atomic E-state index is -0.715. The number of benzene rings is 2. The molecule has 32 heavy (non-hydrogen) atoms. The van der Waals surface area contributed by atoms with Gasteiger partial charge in [-0.05, 0) is 43.3 Å². The van der Waals surface area contributed by atoms with E-state index in [1.54, 1.807) is 18.2 Å². The Morgan fingerprint density at radius 3 is 2.62 bits per heavy atom. The molecule has 0 atom stereocenters. The van der Waals surface area contributed by atoms with E-state index in [-0.39, 0.29) is 23.9 Å². The first-order chi connectivity index (χ1) is 15.5. The molecule has 0 aliphatic heterocycles. The van der Waals surface area contributed by atoms with Gasteiger partial charge in [-0.2, -0.15) is 4.98 Å². The summed E-state index contributed by atoms with van der Waals surface area (Å²) in [5.74, 6) is 0.681. The Labute approximate surface area is 181 Å². The topological polar surface area (TPSA) is 131 Å². The summed E-state index contributed by atoms with van der Waals surface area (Å²) in [5.41, 5.74) is 1.21. The van der Waals surface area contributed by atoms with Gasteiger partial charge in [-0.3, -0.25) is 10.1 Å². The van der Waals surface area contributed by atoms with Gasteiger partial charge in [0.25, 0.3) is 11.6 Å². The van der Waals surface area contributed by atoms with Gasteiger partial charge < -0.3 is 18.4 Å². The third-order valence-corrected chi connectivity index (χ3v) is 4.39. The third-order valence-electron chi connectivity index (χ3n) is 4.39. The molecule has 0 aliphatic rings. The normalized spacial score (nSPS) is 10.7. The Kier molecular flexibility index (Phi) is 5.93. The molecule has 0 N–H and O–H groups in total. The Balaban J connectivity index is 1.40. The first-order valence-corrected chi connectivity index (χ1v) is 9.61. The number of carbonyl (C=O) groups is 1. The largest absolute Gasteiger partial charge is 0.493 e. The van der Waals surface area contributed by atoms with E-state index in [2.05, 4.69) is 10.1 Å². The summed E-state index contributed by atoms with van der Waals surface area (Å²) in [6.45, 7) is 2.13. The molecule has 0 radical (unpaired) electrons. The Bertz CT molecular complexity index is 1240. The number of carbonyl (C=O) groups excluding carboxylic acids is 1. The van der Waals surface area contributed by atoms with Crippen molar-refractivity contribution in [2.75, 3.05) is 6.61 Å². The number of hydrogen-bond acceptors (Lipinski definition) is 9. The van der Waals surface area contributed by atoms with Crippen LogP contribution in [0.1, 0.15) is 23.4 Å². The first kappa shape index (κ1) is 20.8. The summed E-state index contributed by atoms with van der Waals surface area (Å²) in [7, 11) is 0. The van der Waals surface area contributed by atoms with E-state index >= 15 is 0 Å². The average molecular weight is 435 g/mol. The van der Waals surface area contributed by atoms with Gasteiger partial charge in [0.05, 0.1) is 17.1 Å². The average Bonchev–Trinajstić information content (AvgIpc) is 3.48. The summed E-state index contributed by atoms with van der Waals surface area (Å²) in [5, 5.41) is 14.7. The lowest BCUT2D eigenvalue weighted by atomic mass is 10.1. The van der Waals surface area contributed by atoms with Crippen molar-refractivity contribution in [3.63, 3.8) is 0 Å². The SMILES string of the molecule is CCOc1ccccc1-c1noc(COC(=O)c2ccc(-c3ccc([N+](=O)[O-])cc3)o2)n1. The summed E-state index contributed by atoms with van der Waals surface area (Å²) in [6, 6.07) is 16.1. The third kappa shape index (κ3) is 4.48.